The van der Waals surface area contributed by atoms with Crippen LogP contribution in [0.4, 0.5) is 0 Å². The fraction of sp³-hybridized carbons (Fsp3) is 0.500. The summed E-state index contributed by atoms with van der Waals surface area (Å²) in [6.45, 7) is 4.64. The summed E-state index contributed by atoms with van der Waals surface area (Å²) in [4.78, 5) is 25.5. The molecular formula is C22H28N4O2S. The predicted octanol–water partition coefficient (Wildman–Crippen LogP) is 3.48. The average Bonchev–Trinajstić information content (AvgIpc) is 3.31. The van der Waals surface area contributed by atoms with Crippen LogP contribution in [0, 0.1) is 0 Å². The van der Waals surface area contributed by atoms with E-state index in [0.717, 1.165) is 80.4 Å². The van der Waals surface area contributed by atoms with Crippen LogP contribution in [-0.2, 0) is 6.54 Å². The summed E-state index contributed by atoms with van der Waals surface area (Å²) in [5.41, 5.74) is 1.91. The number of ether oxygens (including phenoxy) is 1. The fourth-order valence-electron chi connectivity index (χ4n) is 3.94. The van der Waals surface area contributed by atoms with Crippen molar-refractivity contribution < 1.29 is 9.53 Å². The van der Waals surface area contributed by atoms with Gasteiger partial charge < -0.3 is 9.64 Å². The van der Waals surface area contributed by atoms with Gasteiger partial charge >= 0.3 is 0 Å². The quantitative estimate of drug-likeness (QED) is 0.535. The lowest BCUT2D eigenvalue weighted by Gasteiger charge is -2.32. The molecular weight excluding hydrogens is 384 g/mol. The van der Waals surface area contributed by atoms with Gasteiger partial charge in [-0.15, -0.1) is 0 Å². The van der Waals surface area contributed by atoms with Crippen molar-refractivity contribution in [3.63, 3.8) is 0 Å². The molecule has 1 aromatic heterocycles. The first kappa shape index (κ1) is 20.2. The smallest absolute Gasteiger partial charge is 0.253 e. The summed E-state index contributed by atoms with van der Waals surface area (Å²) < 4.78 is 6.17. The number of carbonyl (C=O) groups is 1. The number of amides is 1. The van der Waals surface area contributed by atoms with Crippen molar-refractivity contribution >= 4 is 17.7 Å². The molecule has 7 heteroatoms. The third-order valence-electron chi connectivity index (χ3n) is 5.60. The molecule has 0 aliphatic carbocycles. The molecule has 0 N–H and O–H groups in total. The summed E-state index contributed by atoms with van der Waals surface area (Å²) in [6, 6.07) is 7.65. The second-order valence-electron chi connectivity index (χ2n) is 7.70. The Labute approximate surface area is 176 Å². The molecule has 2 aliphatic rings. The lowest BCUT2D eigenvalue weighted by Crippen LogP contribution is -2.37. The lowest BCUT2D eigenvalue weighted by molar-refractivity contribution is 0.0792. The van der Waals surface area contributed by atoms with E-state index < -0.39 is 0 Å². The molecule has 2 fully saturated rings. The molecule has 4 rings (SSSR count). The van der Waals surface area contributed by atoms with Gasteiger partial charge in [0, 0.05) is 56.2 Å². The Bertz CT molecular complexity index is 799. The zero-order valence-electron chi connectivity index (χ0n) is 16.9. The minimum absolute atomic E-state index is 0.136. The molecule has 0 atom stereocenters. The molecule has 6 nitrogen and oxygen atoms in total. The van der Waals surface area contributed by atoms with Gasteiger partial charge in [0.1, 0.15) is 11.9 Å². The molecule has 0 bridgehead atoms. The Morgan fingerprint density at radius 3 is 2.34 bits per heavy atom. The molecule has 154 valence electrons. The third kappa shape index (κ3) is 5.28. The van der Waals surface area contributed by atoms with E-state index in [9.17, 15) is 4.79 Å². The molecule has 29 heavy (non-hydrogen) atoms. The van der Waals surface area contributed by atoms with Gasteiger partial charge in [-0.05, 0) is 56.2 Å². The van der Waals surface area contributed by atoms with Crippen LogP contribution in [-0.4, -0.2) is 64.2 Å². The van der Waals surface area contributed by atoms with Crippen LogP contribution < -0.4 is 4.74 Å². The minimum Gasteiger partial charge on any atom is -0.490 e. The molecule has 1 aromatic carbocycles. The number of nitrogens with zero attached hydrogens (tertiary/aromatic N) is 4. The molecule has 0 spiro atoms. The van der Waals surface area contributed by atoms with Gasteiger partial charge in [-0.1, -0.05) is 11.8 Å². The monoisotopic (exact) mass is 412 g/mol. The first-order chi connectivity index (χ1) is 14.2. The van der Waals surface area contributed by atoms with Crippen molar-refractivity contribution in [3.8, 4) is 5.75 Å². The maximum atomic E-state index is 12.4. The molecule has 2 aliphatic heterocycles. The summed E-state index contributed by atoms with van der Waals surface area (Å²) in [7, 11) is 0. The third-order valence-corrected chi connectivity index (χ3v) is 6.18. The lowest BCUT2D eigenvalue weighted by atomic mass is 10.1. The standard InChI is InChI=1S/C22H28N4O2S/c1-29-22-23-14-17(15-24-22)16-25-12-8-20(9-13-25)28-19-6-4-18(5-7-19)21(27)26-10-2-3-11-26/h4-7,14-15,20H,2-3,8-13,16H2,1H3. The van der Waals surface area contributed by atoms with Crippen LogP contribution in [0.2, 0.25) is 0 Å². The Balaban J connectivity index is 1.24. The Morgan fingerprint density at radius 1 is 1.07 bits per heavy atom. The largest absolute Gasteiger partial charge is 0.490 e. The number of rotatable bonds is 6. The summed E-state index contributed by atoms with van der Waals surface area (Å²) >= 11 is 1.56. The second kappa shape index (κ2) is 9.59. The number of likely N-dealkylation sites (tertiary alicyclic amines) is 2. The Hall–Kier alpha value is -2.12. The van der Waals surface area contributed by atoms with Gasteiger partial charge in [0.25, 0.3) is 5.91 Å². The number of thioether (sulfide) groups is 1. The highest BCUT2D eigenvalue weighted by atomic mass is 32.2. The molecule has 2 saturated heterocycles. The highest BCUT2D eigenvalue weighted by Gasteiger charge is 2.22. The van der Waals surface area contributed by atoms with Gasteiger partial charge in [-0.25, -0.2) is 9.97 Å². The number of benzene rings is 1. The van der Waals surface area contributed by atoms with E-state index in [1.807, 2.05) is 47.8 Å². The normalized spacial score (nSPS) is 18.2. The van der Waals surface area contributed by atoms with Crippen LogP contribution in [0.15, 0.2) is 41.8 Å². The van der Waals surface area contributed by atoms with Crippen molar-refractivity contribution in [2.45, 2.75) is 43.5 Å². The minimum atomic E-state index is 0.136. The predicted molar refractivity (Wildman–Crippen MR) is 114 cm³/mol. The second-order valence-corrected chi connectivity index (χ2v) is 8.47. The molecule has 0 saturated carbocycles. The van der Waals surface area contributed by atoms with Crippen LogP contribution in [0.5, 0.6) is 5.75 Å². The van der Waals surface area contributed by atoms with Gasteiger partial charge in [-0.2, -0.15) is 0 Å². The number of aromatic nitrogens is 2. The average molecular weight is 413 g/mol. The molecule has 0 radical (unpaired) electrons. The van der Waals surface area contributed by atoms with Crippen molar-refractivity contribution in [3.05, 3.63) is 47.8 Å². The molecule has 3 heterocycles. The Kier molecular flexibility index (Phi) is 6.67. The number of carbonyl (C=O) groups excluding carboxylic acids is 1. The van der Waals surface area contributed by atoms with Crippen molar-refractivity contribution in [1.29, 1.82) is 0 Å². The molecule has 1 amide bonds. The van der Waals surface area contributed by atoms with Crippen LogP contribution in [0.1, 0.15) is 41.6 Å². The fourth-order valence-corrected chi connectivity index (χ4v) is 4.26. The topological polar surface area (TPSA) is 58.6 Å². The van der Waals surface area contributed by atoms with E-state index in [0.29, 0.717) is 0 Å². The SMILES string of the molecule is CSc1ncc(CN2CCC(Oc3ccc(C(=O)N4CCCC4)cc3)CC2)cn1. The van der Waals surface area contributed by atoms with Crippen LogP contribution >= 0.6 is 11.8 Å². The van der Waals surface area contributed by atoms with E-state index >= 15 is 0 Å². The summed E-state index contributed by atoms with van der Waals surface area (Å²) in [6.07, 6.45) is 10.3. The van der Waals surface area contributed by atoms with E-state index in [4.69, 9.17) is 4.74 Å². The highest BCUT2D eigenvalue weighted by Crippen LogP contribution is 2.22. The number of hydrogen-bond donors (Lipinski definition) is 0. The first-order valence-electron chi connectivity index (χ1n) is 10.3. The van der Waals surface area contributed by atoms with Crippen molar-refractivity contribution in [2.24, 2.45) is 0 Å². The molecule has 0 unspecified atom stereocenters. The maximum absolute atomic E-state index is 12.4. The van der Waals surface area contributed by atoms with Gasteiger partial charge in [-0.3, -0.25) is 9.69 Å². The van der Waals surface area contributed by atoms with Crippen LogP contribution in [0.3, 0.4) is 0 Å². The van der Waals surface area contributed by atoms with E-state index in [2.05, 4.69) is 14.9 Å². The van der Waals surface area contributed by atoms with Crippen molar-refractivity contribution in [1.82, 2.24) is 19.8 Å². The summed E-state index contributed by atoms with van der Waals surface area (Å²) in [5, 5.41) is 0.814. The first-order valence-corrected chi connectivity index (χ1v) is 11.6. The number of piperidine rings is 1. The maximum Gasteiger partial charge on any atom is 0.253 e. The van der Waals surface area contributed by atoms with Gasteiger partial charge in [0.15, 0.2) is 5.16 Å². The van der Waals surface area contributed by atoms with E-state index in [1.165, 1.54) is 0 Å². The zero-order valence-corrected chi connectivity index (χ0v) is 17.7. The van der Waals surface area contributed by atoms with Gasteiger partial charge in [0.05, 0.1) is 0 Å². The van der Waals surface area contributed by atoms with E-state index in [-0.39, 0.29) is 12.0 Å². The van der Waals surface area contributed by atoms with Crippen LogP contribution in [0.25, 0.3) is 0 Å². The number of hydrogen-bond acceptors (Lipinski definition) is 6. The van der Waals surface area contributed by atoms with Crippen molar-refractivity contribution in [2.75, 3.05) is 32.4 Å². The zero-order chi connectivity index (χ0) is 20.1. The van der Waals surface area contributed by atoms with Gasteiger partial charge in [0.2, 0.25) is 0 Å². The highest BCUT2D eigenvalue weighted by molar-refractivity contribution is 7.98. The molecule has 2 aromatic rings. The summed E-state index contributed by atoms with van der Waals surface area (Å²) in [5.74, 6) is 0.986. The van der Waals surface area contributed by atoms with E-state index in [1.54, 1.807) is 11.8 Å². The Morgan fingerprint density at radius 2 is 1.72 bits per heavy atom.